The summed E-state index contributed by atoms with van der Waals surface area (Å²) in [5.74, 6) is 0.569. The van der Waals surface area contributed by atoms with Crippen molar-refractivity contribution < 1.29 is 4.43 Å². The first-order valence-electron chi connectivity index (χ1n) is 7.16. The second kappa shape index (κ2) is 5.18. The lowest BCUT2D eigenvalue weighted by molar-refractivity contribution is 0.0187. The van der Waals surface area contributed by atoms with Gasteiger partial charge in [0.25, 0.3) is 0 Å². The molecule has 1 aromatic carbocycles. The van der Waals surface area contributed by atoms with E-state index in [2.05, 4.69) is 56.9 Å². The van der Waals surface area contributed by atoms with Crippen molar-refractivity contribution in [3.63, 3.8) is 0 Å². The van der Waals surface area contributed by atoms with E-state index >= 15 is 0 Å². The topological polar surface area (TPSA) is 9.23 Å². The quantitative estimate of drug-likeness (QED) is 0.700. The summed E-state index contributed by atoms with van der Waals surface area (Å²) in [6.45, 7) is 9.24. The highest BCUT2D eigenvalue weighted by Gasteiger charge is 2.41. The molecule has 2 rings (SSSR count). The highest BCUT2D eigenvalue weighted by molar-refractivity contribution is 6.69. The second-order valence-electron chi connectivity index (χ2n) is 6.74. The van der Waals surface area contributed by atoms with E-state index in [1.165, 1.54) is 31.2 Å². The van der Waals surface area contributed by atoms with Crippen LogP contribution in [0, 0.1) is 0 Å². The zero-order valence-electron chi connectivity index (χ0n) is 12.2. The summed E-state index contributed by atoms with van der Waals surface area (Å²) >= 11 is 0. The Morgan fingerprint density at radius 3 is 2.39 bits per heavy atom. The molecule has 2 unspecified atom stereocenters. The lowest BCUT2D eigenvalue weighted by Crippen LogP contribution is -2.46. The molecular weight excluding hydrogens is 236 g/mol. The van der Waals surface area contributed by atoms with Crippen LogP contribution in [0.25, 0.3) is 0 Å². The highest BCUT2D eigenvalue weighted by atomic mass is 28.4. The predicted octanol–water partition coefficient (Wildman–Crippen LogP) is 4.95. The van der Waals surface area contributed by atoms with Gasteiger partial charge in [-0.15, -0.1) is 0 Å². The molecule has 0 bridgehead atoms. The number of benzene rings is 1. The first-order valence-corrected chi connectivity index (χ1v) is 10.6. The maximum atomic E-state index is 6.57. The summed E-state index contributed by atoms with van der Waals surface area (Å²) in [4.78, 5) is 0. The van der Waals surface area contributed by atoms with Crippen LogP contribution in [0.1, 0.15) is 44.1 Å². The van der Waals surface area contributed by atoms with Crippen LogP contribution in [-0.2, 0) is 4.43 Å². The Morgan fingerprint density at radius 2 is 1.78 bits per heavy atom. The molecule has 1 nitrogen and oxygen atoms in total. The van der Waals surface area contributed by atoms with Crippen LogP contribution in [0.15, 0.2) is 30.3 Å². The van der Waals surface area contributed by atoms with Crippen molar-refractivity contribution in [1.82, 2.24) is 0 Å². The van der Waals surface area contributed by atoms with Crippen molar-refractivity contribution in [2.24, 2.45) is 0 Å². The summed E-state index contributed by atoms with van der Waals surface area (Å²) in [5, 5.41) is 0. The van der Waals surface area contributed by atoms with Crippen LogP contribution in [0.4, 0.5) is 0 Å². The van der Waals surface area contributed by atoms with Crippen molar-refractivity contribution in [3.8, 4) is 0 Å². The van der Waals surface area contributed by atoms with Gasteiger partial charge in [0.15, 0.2) is 8.32 Å². The van der Waals surface area contributed by atoms with Crippen LogP contribution in [0.3, 0.4) is 0 Å². The van der Waals surface area contributed by atoms with E-state index < -0.39 is 8.32 Å². The van der Waals surface area contributed by atoms with Crippen molar-refractivity contribution in [2.75, 3.05) is 0 Å². The van der Waals surface area contributed by atoms with Gasteiger partial charge in [0, 0.05) is 5.92 Å². The van der Waals surface area contributed by atoms with Crippen LogP contribution in [0.2, 0.25) is 19.6 Å². The van der Waals surface area contributed by atoms with Gasteiger partial charge < -0.3 is 4.43 Å². The zero-order chi connectivity index (χ0) is 13.2. The maximum absolute atomic E-state index is 6.57. The molecule has 2 atom stereocenters. The van der Waals surface area contributed by atoms with E-state index in [1.54, 1.807) is 0 Å². The molecule has 0 aromatic heterocycles. The zero-order valence-corrected chi connectivity index (χ0v) is 13.2. The fourth-order valence-electron chi connectivity index (χ4n) is 3.33. The smallest absolute Gasteiger partial charge is 0.184 e. The molecule has 0 saturated heterocycles. The summed E-state index contributed by atoms with van der Waals surface area (Å²) in [6.07, 6.45) is 5.12. The third-order valence-electron chi connectivity index (χ3n) is 3.89. The average molecular weight is 262 g/mol. The van der Waals surface area contributed by atoms with Gasteiger partial charge in [0.1, 0.15) is 0 Å². The van der Waals surface area contributed by atoms with Crippen molar-refractivity contribution in [3.05, 3.63) is 35.9 Å². The first kappa shape index (κ1) is 13.8. The Morgan fingerprint density at radius 1 is 1.11 bits per heavy atom. The first-order chi connectivity index (χ1) is 8.41. The molecule has 2 heteroatoms. The van der Waals surface area contributed by atoms with Crippen molar-refractivity contribution in [2.45, 2.75) is 63.8 Å². The molecule has 1 aromatic rings. The molecule has 100 valence electrons. The molecular formula is C16H26OSi. The molecule has 0 heterocycles. The standard InChI is InChI=1S/C16H26OSi/c1-16(17-18(2,3)4)13-9-8-12-15(16)14-10-6-5-7-11-14/h5-7,10-11,15H,8-9,12-13H2,1-4H3. The van der Waals surface area contributed by atoms with Crippen molar-refractivity contribution >= 4 is 8.32 Å². The Hall–Kier alpha value is -0.603. The van der Waals surface area contributed by atoms with Gasteiger partial charge in [0.2, 0.25) is 0 Å². The molecule has 1 aliphatic rings. The number of rotatable bonds is 3. The lowest BCUT2D eigenvalue weighted by atomic mass is 9.73. The van der Waals surface area contributed by atoms with Crippen molar-refractivity contribution in [1.29, 1.82) is 0 Å². The molecule has 0 spiro atoms. The van der Waals surface area contributed by atoms with Crippen LogP contribution < -0.4 is 0 Å². The van der Waals surface area contributed by atoms with Crippen LogP contribution in [0.5, 0.6) is 0 Å². The fourth-order valence-corrected chi connectivity index (χ4v) is 4.97. The Labute approximate surface area is 113 Å². The predicted molar refractivity (Wildman–Crippen MR) is 80.5 cm³/mol. The molecule has 0 aliphatic heterocycles. The Kier molecular flexibility index (Phi) is 3.98. The van der Waals surface area contributed by atoms with Gasteiger partial charge in [-0.05, 0) is 45.0 Å². The molecule has 1 fully saturated rings. The third-order valence-corrected chi connectivity index (χ3v) is 4.97. The summed E-state index contributed by atoms with van der Waals surface area (Å²) in [5.41, 5.74) is 1.50. The van der Waals surface area contributed by atoms with E-state index in [4.69, 9.17) is 4.43 Å². The average Bonchev–Trinajstić information content (AvgIpc) is 2.27. The van der Waals surface area contributed by atoms with Gasteiger partial charge in [-0.25, -0.2) is 0 Å². The van der Waals surface area contributed by atoms with Gasteiger partial charge in [-0.3, -0.25) is 0 Å². The minimum Gasteiger partial charge on any atom is -0.412 e. The van der Waals surface area contributed by atoms with Crippen LogP contribution in [-0.4, -0.2) is 13.9 Å². The van der Waals surface area contributed by atoms with E-state index in [-0.39, 0.29) is 5.60 Å². The maximum Gasteiger partial charge on any atom is 0.184 e. The minimum atomic E-state index is -1.49. The molecule has 1 aliphatic carbocycles. The third kappa shape index (κ3) is 3.24. The molecule has 0 N–H and O–H groups in total. The summed E-state index contributed by atoms with van der Waals surface area (Å²) < 4.78 is 6.57. The Bertz CT molecular complexity index is 382. The van der Waals surface area contributed by atoms with E-state index in [0.29, 0.717) is 5.92 Å². The lowest BCUT2D eigenvalue weighted by Gasteiger charge is -2.45. The molecule has 1 saturated carbocycles. The van der Waals surface area contributed by atoms with E-state index in [9.17, 15) is 0 Å². The van der Waals surface area contributed by atoms with Gasteiger partial charge >= 0.3 is 0 Å². The highest BCUT2D eigenvalue weighted by Crippen LogP contribution is 2.44. The normalized spacial score (nSPS) is 29.2. The number of hydrogen-bond acceptors (Lipinski definition) is 1. The Balaban J connectivity index is 2.26. The monoisotopic (exact) mass is 262 g/mol. The molecule has 0 radical (unpaired) electrons. The van der Waals surface area contributed by atoms with E-state index in [1.807, 2.05) is 0 Å². The SMILES string of the molecule is CC1(O[Si](C)(C)C)CCCCC1c1ccccc1. The van der Waals surface area contributed by atoms with Crippen LogP contribution >= 0.6 is 0 Å². The summed E-state index contributed by atoms with van der Waals surface area (Å²) in [6, 6.07) is 10.9. The second-order valence-corrected chi connectivity index (χ2v) is 11.2. The number of hydrogen-bond donors (Lipinski definition) is 0. The molecule has 18 heavy (non-hydrogen) atoms. The minimum absolute atomic E-state index is 0.0457. The van der Waals surface area contributed by atoms with E-state index in [0.717, 1.165) is 0 Å². The largest absolute Gasteiger partial charge is 0.412 e. The van der Waals surface area contributed by atoms with Gasteiger partial charge in [0.05, 0.1) is 5.60 Å². The molecule has 0 amide bonds. The fraction of sp³-hybridized carbons (Fsp3) is 0.625. The van der Waals surface area contributed by atoms with Gasteiger partial charge in [-0.1, -0.05) is 43.2 Å². The summed E-state index contributed by atoms with van der Waals surface area (Å²) in [7, 11) is -1.49. The van der Waals surface area contributed by atoms with Gasteiger partial charge in [-0.2, -0.15) is 0 Å².